The Kier molecular flexibility index (Phi) is 7.92. The van der Waals surface area contributed by atoms with Crippen LogP contribution in [0.1, 0.15) is 43.2 Å². The highest BCUT2D eigenvalue weighted by molar-refractivity contribution is 7.95. The SMILES string of the molecule is NC(Cc1cc(F)c(F)cc1F)C1C[C@H]2CC[C@@H](C1)N2C(=O)CCNC(=O)OCC1=Cc2ccccc2S1(=O)=O. The summed E-state index contributed by atoms with van der Waals surface area (Å²) in [5, 5.41) is 2.50. The second-order valence-electron chi connectivity index (χ2n) is 10.5. The zero-order valence-electron chi connectivity index (χ0n) is 21.6. The van der Waals surface area contributed by atoms with Crippen molar-refractivity contribution in [2.75, 3.05) is 13.2 Å². The summed E-state index contributed by atoms with van der Waals surface area (Å²) < 4.78 is 71.1. The molecule has 5 rings (SSSR count). The lowest BCUT2D eigenvalue weighted by Gasteiger charge is -2.41. The smallest absolute Gasteiger partial charge is 0.407 e. The maximum absolute atomic E-state index is 14.1. The maximum atomic E-state index is 14.1. The average molecular weight is 578 g/mol. The minimum absolute atomic E-state index is 0.00511. The molecule has 2 amide bonds. The molecule has 2 bridgehead atoms. The summed E-state index contributed by atoms with van der Waals surface area (Å²) in [6, 6.07) is 7.34. The number of nitrogens with zero attached hydrogens (tertiary/aromatic N) is 1. The average Bonchev–Trinajstić information content (AvgIpc) is 3.33. The number of carbonyl (C=O) groups excluding carboxylic acids is 2. The van der Waals surface area contributed by atoms with Gasteiger partial charge in [0, 0.05) is 37.2 Å². The number of sulfone groups is 1. The van der Waals surface area contributed by atoms with E-state index >= 15 is 0 Å². The van der Waals surface area contributed by atoms with Crippen molar-refractivity contribution in [2.45, 2.75) is 61.5 Å². The number of nitrogens with one attached hydrogen (secondary N) is 1. The van der Waals surface area contributed by atoms with Gasteiger partial charge in [-0.15, -0.1) is 0 Å². The van der Waals surface area contributed by atoms with Gasteiger partial charge in [-0.3, -0.25) is 4.79 Å². The summed E-state index contributed by atoms with van der Waals surface area (Å²) in [5.41, 5.74) is 6.92. The quantitative estimate of drug-likeness (QED) is 0.462. The van der Waals surface area contributed by atoms with Gasteiger partial charge >= 0.3 is 6.09 Å². The lowest BCUT2D eigenvalue weighted by molar-refractivity contribution is -0.136. The molecule has 0 saturated carbocycles. The summed E-state index contributed by atoms with van der Waals surface area (Å²) in [4.78, 5) is 27.1. The first-order valence-corrected chi connectivity index (χ1v) is 14.7. The van der Waals surface area contributed by atoms with E-state index in [0.29, 0.717) is 24.5 Å². The van der Waals surface area contributed by atoms with Crippen molar-refractivity contribution in [3.63, 3.8) is 0 Å². The van der Waals surface area contributed by atoms with Gasteiger partial charge in [-0.2, -0.15) is 0 Å². The number of hydrogen-bond acceptors (Lipinski definition) is 6. The molecule has 214 valence electrons. The number of alkyl carbamates (subject to hydrolysis) is 1. The Balaban J connectivity index is 1.08. The second-order valence-corrected chi connectivity index (χ2v) is 12.5. The Morgan fingerprint density at radius 1 is 1.05 bits per heavy atom. The van der Waals surface area contributed by atoms with Crippen LogP contribution >= 0.6 is 0 Å². The van der Waals surface area contributed by atoms with Crippen LogP contribution in [0.25, 0.3) is 6.08 Å². The molecule has 40 heavy (non-hydrogen) atoms. The van der Waals surface area contributed by atoms with E-state index in [2.05, 4.69) is 5.32 Å². The van der Waals surface area contributed by atoms with E-state index in [1.165, 1.54) is 12.1 Å². The van der Waals surface area contributed by atoms with Crippen LogP contribution in [0.4, 0.5) is 18.0 Å². The summed E-state index contributed by atoms with van der Waals surface area (Å²) in [5.74, 6) is -3.32. The summed E-state index contributed by atoms with van der Waals surface area (Å²) in [7, 11) is -3.69. The van der Waals surface area contributed by atoms with Gasteiger partial charge in [0.05, 0.1) is 9.80 Å². The summed E-state index contributed by atoms with van der Waals surface area (Å²) >= 11 is 0. The van der Waals surface area contributed by atoms with Gasteiger partial charge in [0.15, 0.2) is 11.6 Å². The zero-order valence-corrected chi connectivity index (χ0v) is 22.4. The van der Waals surface area contributed by atoms with Crippen molar-refractivity contribution in [1.82, 2.24) is 10.2 Å². The predicted octanol–water partition coefficient (Wildman–Crippen LogP) is 3.69. The number of amides is 2. The predicted molar refractivity (Wildman–Crippen MR) is 140 cm³/mol. The molecule has 3 aliphatic rings. The Morgan fingerprint density at radius 3 is 2.42 bits per heavy atom. The monoisotopic (exact) mass is 577 g/mol. The number of rotatable bonds is 8. The van der Waals surface area contributed by atoms with Crippen molar-refractivity contribution in [2.24, 2.45) is 11.7 Å². The van der Waals surface area contributed by atoms with Crippen molar-refractivity contribution in [1.29, 1.82) is 0 Å². The first kappa shape index (κ1) is 28.2. The van der Waals surface area contributed by atoms with Gasteiger partial charge in [0.1, 0.15) is 12.4 Å². The number of ether oxygens (including phenoxy) is 1. The van der Waals surface area contributed by atoms with Crippen LogP contribution in [0.15, 0.2) is 46.2 Å². The van der Waals surface area contributed by atoms with Crippen molar-refractivity contribution < 1.29 is 35.9 Å². The number of nitrogens with two attached hydrogens (primary N) is 1. The third-order valence-corrected chi connectivity index (χ3v) is 9.91. The summed E-state index contributed by atoms with van der Waals surface area (Å²) in [6.45, 7) is -0.388. The molecule has 12 heteroatoms. The molecule has 3 heterocycles. The molecule has 3 N–H and O–H groups in total. The Bertz CT molecular complexity index is 1450. The van der Waals surface area contributed by atoms with Crippen LogP contribution in [0.3, 0.4) is 0 Å². The Hall–Kier alpha value is -3.38. The van der Waals surface area contributed by atoms with Gasteiger partial charge < -0.3 is 20.7 Å². The fraction of sp³-hybridized carbons (Fsp3) is 0.429. The highest BCUT2D eigenvalue weighted by Gasteiger charge is 2.44. The molecule has 8 nitrogen and oxygen atoms in total. The maximum Gasteiger partial charge on any atom is 0.407 e. The molecule has 2 fully saturated rings. The molecular formula is C28H30F3N3O5S. The first-order chi connectivity index (χ1) is 19.0. The fourth-order valence-electron chi connectivity index (χ4n) is 6.06. The molecule has 4 atom stereocenters. The van der Waals surface area contributed by atoms with Gasteiger partial charge in [-0.1, -0.05) is 18.2 Å². The molecule has 3 aliphatic heterocycles. The van der Waals surface area contributed by atoms with Crippen molar-refractivity contribution in [3.05, 3.63) is 69.9 Å². The molecule has 2 aromatic rings. The first-order valence-electron chi connectivity index (χ1n) is 13.2. The number of halogens is 3. The normalized spacial score (nSPS) is 23.4. The number of fused-ring (bicyclic) bond motifs is 3. The van der Waals surface area contributed by atoms with Crippen LogP contribution < -0.4 is 11.1 Å². The molecule has 2 saturated heterocycles. The molecule has 0 radical (unpaired) electrons. The highest BCUT2D eigenvalue weighted by Crippen LogP contribution is 2.40. The van der Waals surface area contributed by atoms with Crippen LogP contribution in [0.5, 0.6) is 0 Å². The lowest BCUT2D eigenvalue weighted by Crippen LogP contribution is -2.50. The van der Waals surface area contributed by atoms with Gasteiger partial charge in [0.25, 0.3) is 0 Å². The number of hydrogen-bond donors (Lipinski definition) is 2. The second kappa shape index (κ2) is 11.2. The molecule has 0 spiro atoms. The van der Waals surface area contributed by atoms with Gasteiger partial charge in [-0.25, -0.2) is 26.4 Å². The molecule has 2 unspecified atom stereocenters. The lowest BCUT2D eigenvalue weighted by atomic mass is 9.82. The van der Waals surface area contributed by atoms with Gasteiger partial charge in [0.2, 0.25) is 15.7 Å². The van der Waals surface area contributed by atoms with E-state index in [-0.39, 0.29) is 58.7 Å². The Morgan fingerprint density at radius 2 is 1.73 bits per heavy atom. The van der Waals surface area contributed by atoms with E-state index in [9.17, 15) is 31.2 Å². The van der Waals surface area contributed by atoms with Crippen LogP contribution in [-0.4, -0.2) is 56.6 Å². The number of benzene rings is 2. The fourth-order valence-corrected chi connectivity index (χ4v) is 7.53. The molecular weight excluding hydrogens is 547 g/mol. The number of piperidine rings is 1. The van der Waals surface area contributed by atoms with Crippen LogP contribution in [-0.2, 0) is 25.8 Å². The summed E-state index contributed by atoms with van der Waals surface area (Å²) in [6.07, 6.45) is 3.62. The standard InChI is InChI=1S/C28H30F3N3O5S/c29-22-14-24(31)23(30)12-17(22)13-25(32)18-9-19-5-6-20(10-18)34(19)27(35)7-8-33-28(36)39-15-21-11-16-3-1-2-4-26(16)40(21,37)38/h1-4,11-12,14,18-20,25H,5-10,13,15,32H2,(H,33,36)/t18?,19-,20+,25?. The minimum atomic E-state index is -3.69. The van der Waals surface area contributed by atoms with E-state index < -0.39 is 46.0 Å². The van der Waals surface area contributed by atoms with E-state index in [1.807, 2.05) is 4.90 Å². The zero-order chi connectivity index (χ0) is 28.6. The van der Waals surface area contributed by atoms with Crippen LogP contribution in [0.2, 0.25) is 0 Å². The van der Waals surface area contributed by atoms with E-state index in [4.69, 9.17) is 10.5 Å². The van der Waals surface area contributed by atoms with Crippen molar-refractivity contribution >= 4 is 27.9 Å². The third-order valence-electron chi connectivity index (χ3n) is 8.03. The Labute approximate surface area is 230 Å². The highest BCUT2D eigenvalue weighted by atomic mass is 32.2. The number of carbonyl (C=O) groups is 2. The topological polar surface area (TPSA) is 119 Å². The largest absolute Gasteiger partial charge is 0.444 e. The molecule has 0 aliphatic carbocycles. The van der Waals surface area contributed by atoms with Gasteiger partial charge in [-0.05, 0) is 67.4 Å². The van der Waals surface area contributed by atoms with Crippen molar-refractivity contribution in [3.8, 4) is 0 Å². The minimum Gasteiger partial charge on any atom is -0.444 e. The van der Waals surface area contributed by atoms with Crippen LogP contribution in [0, 0.1) is 23.4 Å². The molecule has 0 aromatic heterocycles. The third kappa shape index (κ3) is 5.60. The van der Waals surface area contributed by atoms with E-state index in [1.54, 1.807) is 18.2 Å². The molecule has 2 aromatic carbocycles. The van der Waals surface area contributed by atoms with E-state index in [0.717, 1.165) is 18.9 Å².